The number of hydrogen-bond donors (Lipinski definition) is 2. The lowest BCUT2D eigenvalue weighted by Crippen LogP contribution is -2.36. The van der Waals surface area contributed by atoms with E-state index < -0.39 is 5.97 Å². The fourth-order valence-electron chi connectivity index (χ4n) is 1.92. The molecule has 1 aromatic carbocycles. The number of carboxylic acids is 1. The fourth-order valence-corrected chi connectivity index (χ4v) is 3.07. The van der Waals surface area contributed by atoms with Crippen LogP contribution in [0.3, 0.4) is 0 Å². The highest BCUT2D eigenvalue weighted by Crippen LogP contribution is 2.21. The summed E-state index contributed by atoms with van der Waals surface area (Å²) >= 11 is 7.71. The summed E-state index contributed by atoms with van der Waals surface area (Å²) in [6.45, 7) is 1.46. The zero-order valence-corrected chi connectivity index (χ0v) is 12.3. The van der Waals surface area contributed by atoms with Crippen LogP contribution in [-0.2, 0) is 0 Å². The van der Waals surface area contributed by atoms with Crippen LogP contribution < -0.4 is 5.32 Å². The number of rotatable bonds is 2. The molecule has 2 N–H and O–H groups in total. The van der Waals surface area contributed by atoms with Crippen molar-refractivity contribution in [1.82, 2.24) is 4.90 Å². The molecular weight excluding hydrogens is 300 g/mol. The summed E-state index contributed by atoms with van der Waals surface area (Å²) in [4.78, 5) is 24.7. The lowest BCUT2D eigenvalue weighted by Gasteiger charge is -2.20. The van der Waals surface area contributed by atoms with E-state index in [2.05, 4.69) is 5.32 Å². The van der Waals surface area contributed by atoms with Crippen LogP contribution in [0, 0.1) is 0 Å². The minimum absolute atomic E-state index is 0.0239. The Hall–Kier alpha value is -1.40. The number of benzene rings is 1. The van der Waals surface area contributed by atoms with Crippen molar-refractivity contribution >= 4 is 41.1 Å². The van der Waals surface area contributed by atoms with Gasteiger partial charge in [0.05, 0.1) is 10.6 Å². The molecule has 5 nitrogen and oxygen atoms in total. The molecule has 7 heteroatoms. The van der Waals surface area contributed by atoms with Gasteiger partial charge < -0.3 is 15.3 Å². The summed E-state index contributed by atoms with van der Waals surface area (Å²) < 4.78 is 0. The Morgan fingerprint density at radius 1 is 1.30 bits per heavy atom. The molecule has 1 saturated heterocycles. The van der Waals surface area contributed by atoms with Gasteiger partial charge in [-0.05, 0) is 30.4 Å². The largest absolute Gasteiger partial charge is 0.478 e. The highest BCUT2D eigenvalue weighted by atomic mass is 35.5. The van der Waals surface area contributed by atoms with Crippen LogP contribution in [0.15, 0.2) is 18.2 Å². The molecule has 2 amide bonds. The van der Waals surface area contributed by atoms with Crippen molar-refractivity contribution in [2.24, 2.45) is 0 Å². The first-order valence-corrected chi connectivity index (χ1v) is 7.77. The second kappa shape index (κ2) is 6.85. The second-order valence-electron chi connectivity index (χ2n) is 4.38. The standard InChI is InChI=1S/C13H15ClN2O3S/c14-11-8-9(2-3-10(11)12(17)18)15-13(19)16-4-1-6-20-7-5-16/h2-3,8H,1,4-7H2,(H,15,19)(H,17,18). The summed E-state index contributed by atoms with van der Waals surface area (Å²) in [6.07, 6.45) is 0.983. The summed E-state index contributed by atoms with van der Waals surface area (Å²) in [5.74, 6) is 0.923. The Bertz CT molecular complexity index is 516. The molecule has 0 radical (unpaired) electrons. The maximum absolute atomic E-state index is 12.1. The van der Waals surface area contributed by atoms with Gasteiger partial charge in [-0.3, -0.25) is 0 Å². The lowest BCUT2D eigenvalue weighted by atomic mass is 10.2. The molecule has 0 saturated carbocycles. The Kier molecular flexibility index (Phi) is 5.14. The number of thioether (sulfide) groups is 1. The first-order valence-electron chi connectivity index (χ1n) is 6.24. The zero-order chi connectivity index (χ0) is 14.5. The van der Waals surface area contributed by atoms with Crippen molar-refractivity contribution in [2.75, 3.05) is 29.9 Å². The molecule has 0 unspecified atom stereocenters. The molecule has 0 aromatic heterocycles. The molecule has 1 aliphatic rings. The van der Waals surface area contributed by atoms with E-state index in [4.69, 9.17) is 16.7 Å². The SMILES string of the molecule is O=C(O)c1ccc(NC(=O)N2CCCSCC2)cc1Cl. The lowest BCUT2D eigenvalue weighted by molar-refractivity contribution is 0.0697. The Morgan fingerprint density at radius 2 is 2.10 bits per heavy atom. The third-order valence-corrected chi connectivity index (χ3v) is 4.32. The van der Waals surface area contributed by atoms with Gasteiger partial charge >= 0.3 is 12.0 Å². The number of hydrogen-bond acceptors (Lipinski definition) is 3. The summed E-state index contributed by atoms with van der Waals surface area (Å²) in [5, 5.41) is 11.8. The van der Waals surface area contributed by atoms with Crippen molar-refractivity contribution in [3.8, 4) is 0 Å². The van der Waals surface area contributed by atoms with Gasteiger partial charge in [-0.15, -0.1) is 0 Å². The van der Waals surface area contributed by atoms with Crippen molar-refractivity contribution < 1.29 is 14.7 Å². The average Bonchev–Trinajstić information content (AvgIpc) is 2.67. The molecule has 1 fully saturated rings. The molecule has 0 spiro atoms. The number of nitrogens with zero attached hydrogens (tertiary/aromatic N) is 1. The summed E-state index contributed by atoms with van der Waals surface area (Å²) in [6, 6.07) is 4.21. The van der Waals surface area contributed by atoms with Crippen LogP contribution in [-0.4, -0.2) is 46.6 Å². The van der Waals surface area contributed by atoms with E-state index in [1.165, 1.54) is 12.1 Å². The van der Waals surface area contributed by atoms with E-state index in [1.54, 1.807) is 11.0 Å². The van der Waals surface area contributed by atoms with E-state index in [1.807, 2.05) is 11.8 Å². The van der Waals surface area contributed by atoms with E-state index in [0.29, 0.717) is 5.69 Å². The van der Waals surface area contributed by atoms with Gasteiger partial charge in [-0.2, -0.15) is 11.8 Å². The highest BCUT2D eigenvalue weighted by molar-refractivity contribution is 7.99. The van der Waals surface area contributed by atoms with Gasteiger partial charge in [0, 0.05) is 24.5 Å². The average molecular weight is 315 g/mol. The Morgan fingerprint density at radius 3 is 2.80 bits per heavy atom. The zero-order valence-electron chi connectivity index (χ0n) is 10.8. The van der Waals surface area contributed by atoms with Gasteiger partial charge in [0.25, 0.3) is 0 Å². The van der Waals surface area contributed by atoms with Crippen LogP contribution >= 0.6 is 23.4 Å². The predicted molar refractivity (Wildman–Crippen MR) is 80.9 cm³/mol. The molecule has 0 aliphatic carbocycles. The normalized spacial score (nSPS) is 15.6. The van der Waals surface area contributed by atoms with Crippen LogP contribution in [0.2, 0.25) is 5.02 Å². The van der Waals surface area contributed by atoms with Gasteiger partial charge in [0.2, 0.25) is 0 Å². The first kappa shape index (κ1) is 15.0. The molecule has 1 heterocycles. The number of carbonyl (C=O) groups is 2. The maximum atomic E-state index is 12.1. The number of halogens is 1. The van der Waals surface area contributed by atoms with Crippen molar-refractivity contribution in [3.05, 3.63) is 28.8 Å². The van der Waals surface area contributed by atoms with Gasteiger partial charge in [0.1, 0.15) is 0 Å². The summed E-state index contributed by atoms with van der Waals surface area (Å²) in [5.41, 5.74) is 0.526. The van der Waals surface area contributed by atoms with Gasteiger partial charge in [-0.25, -0.2) is 9.59 Å². The van der Waals surface area contributed by atoms with E-state index in [9.17, 15) is 9.59 Å². The maximum Gasteiger partial charge on any atom is 0.337 e. The second-order valence-corrected chi connectivity index (χ2v) is 6.01. The Labute approximate surface area is 126 Å². The first-order chi connectivity index (χ1) is 9.58. The van der Waals surface area contributed by atoms with Gasteiger partial charge in [-0.1, -0.05) is 11.6 Å². The molecular formula is C13H15ClN2O3S. The molecule has 108 valence electrons. The summed E-state index contributed by atoms with van der Waals surface area (Å²) in [7, 11) is 0. The molecule has 20 heavy (non-hydrogen) atoms. The fraction of sp³-hybridized carbons (Fsp3) is 0.385. The van der Waals surface area contributed by atoms with Crippen LogP contribution in [0.5, 0.6) is 0 Å². The number of aromatic carboxylic acids is 1. The van der Waals surface area contributed by atoms with Crippen molar-refractivity contribution in [2.45, 2.75) is 6.42 Å². The number of carbonyl (C=O) groups excluding carboxylic acids is 1. The number of amides is 2. The predicted octanol–water partition coefficient (Wildman–Crippen LogP) is 3.01. The van der Waals surface area contributed by atoms with E-state index in [-0.39, 0.29) is 16.6 Å². The molecule has 1 aliphatic heterocycles. The van der Waals surface area contributed by atoms with Crippen LogP contribution in [0.25, 0.3) is 0 Å². The highest BCUT2D eigenvalue weighted by Gasteiger charge is 2.16. The van der Waals surface area contributed by atoms with E-state index in [0.717, 1.165) is 31.0 Å². The van der Waals surface area contributed by atoms with Crippen LogP contribution in [0.1, 0.15) is 16.8 Å². The minimum Gasteiger partial charge on any atom is -0.478 e. The number of urea groups is 1. The molecule has 0 atom stereocenters. The molecule has 0 bridgehead atoms. The van der Waals surface area contributed by atoms with Crippen molar-refractivity contribution in [1.29, 1.82) is 0 Å². The molecule has 2 rings (SSSR count). The van der Waals surface area contributed by atoms with Gasteiger partial charge in [0.15, 0.2) is 0 Å². The number of anilines is 1. The Balaban J connectivity index is 2.03. The number of carboxylic acid groups (broad SMARTS) is 1. The third kappa shape index (κ3) is 3.80. The minimum atomic E-state index is -1.09. The topological polar surface area (TPSA) is 69.6 Å². The molecule has 1 aromatic rings. The monoisotopic (exact) mass is 314 g/mol. The smallest absolute Gasteiger partial charge is 0.337 e. The quantitative estimate of drug-likeness (QED) is 0.880. The van der Waals surface area contributed by atoms with Crippen molar-refractivity contribution in [3.63, 3.8) is 0 Å². The third-order valence-electron chi connectivity index (χ3n) is 2.96. The van der Waals surface area contributed by atoms with Crippen LogP contribution in [0.4, 0.5) is 10.5 Å². The number of nitrogens with one attached hydrogen (secondary N) is 1. The van der Waals surface area contributed by atoms with E-state index >= 15 is 0 Å².